The van der Waals surface area contributed by atoms with Gasteiger partial charge in [-0.25, -0.2) is 4.79 Å². The van der Waals surface area contributed by atoms with Gasteiger partial charge in [-0.15, -0.1) is 0 Å². The minimum absolute atomic E-state index is 0.0250. The Morgan fingerprint density at radius 1 is 1.40 bits per heavy atom. The first-order valence-electron chi connectivity index (χ1n) is 5.00. The standard InChI is InChI=1S/C12H16O3/c1-3-12(2,14)9-15-11(13)10-7-5-4-6-8-10/h4-8,14H,3,9H2,1-2H3. The van der Waals surface area contributed by atoms with Gasteiger partial charge in [-0.1, -0.05) is 25.1 Å². The van der Waals surface area contributed by atoms with Crippen molar-refractivity contribution in [2.75, 3.05) is 6.61 Å². The first-order valence-corrected chi connectivity index (χ1v) is 5.00. The van der Waals surface area contributed by atoms with Crippen LogP contribution in [0.2, 0.25) is 0 Å². The molecule has 0 spiro atoms. The highest BCUT2D eigenvalue weighted by molar-refractivity contribution is 5.89. The zero-order valence-corrected chi connectivity index (χ0v) is 9.06. The van der Waals surface area contributed by atoms with Crippen molar-refractivity contribution >= 4 is 5.97 Å². The maximum atomic E-state index is 11.5. The highest BCUT2D eigenvalue weighted by atomic mass is 16.5. The molecule has 3 heteroatoms. The molecule has 0 fully saturated rings. The summed E-state index contributed by atoms with van der Waals surface area (Å²) in [6.07, 6.45) is 0.551. The van der Waals surface area contributed by atoms with Gasteiger partial charge in [0.05, 0.1) is 11.2 Å². The average molecular weight is 208 g/mol. The number of hydrogen-bond donors (Lipinski definition) is 1. The van der Waals surface area contributed by atoms with Crippen LogP contribution in [0.1, 0.15) is 30.6 Å². The van der Waals surface area contributed by atoms with E-state index in [0.717, 1.165) is 0 Å². The maximum absolute atomic E-state index is 11.5. The summed E-state index contributed by atoms with van der Waals surface area (Å²) in [6.45, 7) is 3.51. The Morgan fingerprint density at radius 2 is 2.00 bits per heavy atom. The molecule has 0 aliphatic heterocycles. The van der Waals surface area contributed by atoms with Crippen LogP contribution in [0.15, 0.2) is 30.3 Å². The molecule has 1 aromatic carbocycles. The highest BCUT2D eigenvalue weighted by Crippen LogP contribution is 2.10. The van der Waals surface area contributed by atoms with Gasteiger partial charge < -0.3 is 9.84 Å². The molecule has 0 saturated heterocycles. The molecule has 0 bridgehead atoms. The first-order chi connectivity index (χ1) is 7.05. The Labute approximate surface area is 89.7 Å². The predicted molar refractivity (Wildman–Crippen MR) is 57.6 cm³/mol. The lowest BCUT2D eigenvalue weighted by Gasteiger charge is -2.20. The van der Waals surface area contributed by atoms with Gasteiger partial charge >= 0.3 is 5.97 Å². The second-order valence-electron chi connectivity index (χ2n) is 3.79. The molecule has 0 radical (unpaired) electrons. The molecule has 1 rings (SSSR count). The molecule has 0 aliphatic rings. The van der Waals surface area contributed by atoms with Crippen molar-refractivity contribution in [2.24, 2.45) is 0 Å². The smallest absolute Gasteiger partial charge is 0.338 e. The van der Waals surface area contributed by atoms with Crippen LogP contribution in [-0.2, 0) is 4.74 Å². The molecule has 0 aliphatic carbocycles. The van der Waals surface area contributed by atoms with Crippen molar-refractivity contribution in [3.05, 3.63) is 35.9 Å². The third-order valence-corrected chi connectivity index (χ3v) is 2.29. The molecule has 1 aromatic rings. The molecule has 0 aromatic heterocycles. The summed E-state index contributed by atoms with van der Waals surface area (Å²) in [5.74, 6) is -0.399. The van der Waals surface area contributed by atoms with E-state index in [9.17, 15) is 9.90 Å². The van der Waals surface area contributed by atoms with E-state index in [2.05, 4.69) is 0 Å². The number of hydrogen-bond acceptors (Lipinski definition) is 3. The van der Waals surface area contributed by atoms with Gasteiger partial charge in [0.15, 0.2) is 0 Å². The van der Waals surface area contributed by atoms with Crippen LogP contribution >= 0.6 is 0 Å². The molecule has 0 saturated carbocycles. The summed E-state index contributed by atoms with van der Waals surface area (Å²) in [7, 11) is 0. The van der Waals surface area contributed by atoms with E-state index in [1.807, 2.05) is 13.0 Å². The molecule has 15 heavy (non-hydrogen) atoms. The fourth-order valence-electron chi connectivity index (χ4n) is 0.981. The summed E-state index contributed by atoms with van der Waals surface area (Å²) in [5.41, 5.74) is -0.436. The van der Waals surface area contributed by atoms with Crippen molar-refractivity contribution in [2.45, 2.75) is 25.9 Å². The lowest BCUT2D eigenvalue weighted by atomic mass is 10.1. The maximum Gasteiger partial charge on any atom is 0.338 e. The quantitative estimate of drug-likeness (QED) is 0.770. The van der Waals surface area contributed by atoms with Gasteiger partial charge in [-0.3, -0.25) is 0 Å². The van der Waals surface area contributed by atoms with Gasteiger partial charge in [0.25, 0.3) is 0 Å². The van der Waals surface area contributed by atoms with Gasteiger partial charge in [0, 0.05) is 0 Å². The van der Waals surface area contributed by atoms with E-state index >= 15 is 0 Å². The molecular weight excluding hydrogens is 192 g/mol. The Hall–Kier alpha value is -1.35. The third kappa shape index (κ3) is 3.72. The summed E-state index contributed by atoms with van der Waals surface area (Å²) < 4.78 is 4.99. The summed E-state index contributed by atoms with van der Waals surface area (Å²) >= 11 is 0. The van der Waals surface area contributed by atoms with E-state index in [1.54, 1.807) is 31.2 Å². The molecule has 0 amide bonds. The number of carbonyl (C=O) groups excluding carboxylic acids is 1. The zero-order valence-electron chi connectivity index (χ0n) is 9.06. The number of ether oxygens (including phenoxy) is 1. The van der Waals surface area contributed by atoms with Crippen LogP contribution in [0.4, 0.5) is 0 Å². The lowest BCUT2D eigenvalue weighted by molar-refractivity contribution is -0.0226. The number of aliphatic hydroxyl groups is 1. The number of benzene rings is 1. The lowest BCUT2D eigenvalue weighted by Crippen LogP contribution is -2.30. The fourth-order valence-corrected chi connectivity index (χ4v) is 0.981. The molecule has 3 nitrogen and oxygen atoms in total. The molecular formula is C12H16O3. The van der Waals surface area contributed by atoms with E-state index < -0.39 is 11.6 Å². The molecule has 1 N–H and O–H groups in total. The SMILES string of the molecule is CCC(C)(O)COC(=O)c1ccccc1. The third-order valence-electron chi connectivity index (χ3n) is 2.29. The molecule has 1 unspecified atom stereocenters. The second-order valence-corrected chi connectivity index (χ2v) is 3.79. The van der Waals surface area contributed by atoms with Gasteiger partial charge in [-0.2, -0.15) is 0 Å². The predicted octanol–water partition coefficient (Wildman–Crippen LogP) is 2.00. The van der Waals surface area contributed by atoms with Crippen molar-refractivity contribution in [1.29, 1.82) is 0 Å². The van der Waals surface area contributed by atoms with Gasteiger partial charge in [-0.05, 0) is 25.5 Å². The van der Waals surface area contributed by atoms with Crippen molar-refractivity contribution < 1.29 is 14.6 Å². The monoisotopic (exact) mass is 208 g/mol. The number of rotatable bonds is 4. The average Bonchev–Trinajstić information content (AvgIpc) is 2.27. The van der Waals surface area contributed by atoms with Crippen LogP contribution in [-0.4, -0.2) is 23.3 Å². The van der Waals surface area contributed by atoms with E-state index in [0.29, 0.717) is 12.0 Å². The fraction of sp³-hybridized carbons (Fsp3) is 0.417. The largest absolute Gasteiger partial charge is 0.459 e. The van der Waals surface area contributed by atoms with Crippen LogP contribution in [0, 0.1) is 0 Å². The topological polar surface area (TPSA) is 46.5 Å². The van der Waals surface area contributed by atoms with E-state index in [4.69, 9.17) is 4.74 Å². The normalized spacial score (nSPS) is 14.3. The first kappa shape index (κ1) is 11.7. The van der Waals surface area contributed by atoms with Crippen LogP contribution in [0.3, 0.4) is 0 Å². The Bertz CT molecular complexity index is 317. The van der Waals surface area contributed by atoms with Gasteiger partial charge in [0.1, 0.15) is 6.61 Å². The number of esters is 1. The van der Waals surface area contributed by atoms with Crippen molar-refractivity contribution in [1.82, 2.24) is 0 Å². The molecule has 0 heterocycles. The molecule has 82 valence electrons. The Balaban J connectivity index is 2.51. The Morgan fingerprint density at radius 3 is 2.53 bits per heavy atom. The summed E-state index contributed by atoms with van der Waals surface area (Å²) in [5, 5.41) is 9.64. The minimum atomic E-state index is -0.940. The van der Waals surface area contributed by atoms with Crippen molar-refractivity contribution in [3.63, 3.8) is 0 Å². The van der Waals surface area contributed by atoms with Crippen molar-refractivity contribution in [3.8, 4) is 0 Å². The van der Waals surface area contributed by atoms with Crippen LogP contribution in [0.5, 0.6) is 0 Å². The summed E-state index contributed by atoms with van der Waals surface area (Å²) in [4.78, 5) is 11.5. The van der Waals surface area contributed by atoms with Gasteiger partial charge in [0.2, 0.25) is 0 Å². The zero-order chi connectivity index (χ0) is 11.3. The second kappa shape index (κ2) is 4.94. The van der Waals surface area contributed by atoms with E-state index in [1.165, 1.54) is 0 Å². The number of carbonyl (C=O) groups is 1. The minimum Gasteiger partial charge on any atom is -0.459 e. The van der Waals surface area contributed by atoms with Crippen LogP contribution in [0.25, 0.3) is 0 Å². The van der Waals surface area contributed by atoms with Crippen LogP contribution < -0.4 is 0 Å². The molecule has 1 atom stereocenters. The Kier molecular flexibility index (Phi) is 3.86. The van der Waals surface area contributed by atoms with E-state index in [-0.39, 0.29) is 6.61 Å². The summed E-state index contributed by atoms with van der Waals surface area (Å²) in [6, 6.07) is 8.74. The highest BCUT2D eigenvalue weighted by Gasteiger charge is 2.20.